The van der Waals surface area contributed by atoms with E-state index >= 15 is 0 Å². The molecule has 0 bridgehead atoms. The Morgan fingerprint density at radius 1 is 1.25 bits per heavy atom. The summed E-state index contributed by atoms with van der Waals surface area (Å²) in [4.78, 5) is 0. The highest BCUT2D eigenvalue weighted by Crippen LogP contribution is 2.05. The molecule has 0 saturated carbocycles. The maximum atomic E-state index is 5.63. The smallest absolute Gasteiger partial charge is 0.0717 e. The Hall–Kier alpha value is -1.08. The zero-order valence-corrected chi connectivity index (χ0v) is 10.4. The van der Waals surface area contributed by atoms with Gasteiger partial charge in [-0.3, -0.25) is 0 Å². The van der Waals surface area contributed by atoms with E-state index in [1.807, 2.05) is 18.2 Å². The summed E-state index contributed by atoms with van der Waals surface area (Å²) in [6.07, 6.45) is 5.77. The number of rotatable bonds is 7. The van der Waals surface area contributed by atoms with Gasteiger partial charge in [0, 0.05) is 0 Å². The average Bonchev–Trinajstić information content (AvgIpc) is 2.33. The first-order chi connectivity index (χ1) is 7.83. The summed E-state index contributed by atoms with van der Waals surface area (Å²) in [6, 6.07) is 10.3. The molecule has 1 heteroatoms. The second kappa shape index (κ2) is 8.12. The third kappa shape index (κ3) is 5.72. The Kier molecular flexibility index (Phi) is 6.59. The van der Waals surface area contributed by atoms with Crippen LogP contribution in [0.2, 0.25) is 0 Å². The Morgan fingerprint density at radius 2 is 2.00 bits per heavy atom. The number of benzene rings is 1. The van der Waals surface area contributed by atoms with E-state index in [0.29, 0.717) is 0 Å². The zero-order valence-electron chi connectivity index (χ0n) is 10.4. The molecule has 0 heterocycles. The summed E-state index contributed by atoms with van der Waals surface area (Å²) in [5, 5.41) is 0. The van der Waals surface area contributed by atoms with E-state index in [9.17, 15) is 0 Å². The Balaban J connectivity index is 2.12. The maximum absolute atomic E-state index is 5.63. The molecule has 1 nitrogen and oxygen atoms in total. The highest BCUT2D eigenvalue weighted by atomic mass is 16.5. The summed E-state index contributed by atoms with van der Waals surface area (Å²) in [5.41, 5.74) is 2.69. The summed E-state index contributed by atoms with van der Waals surface area (Å²) in [7, 11) is 0. The molecule has 0 radical (unpaired) electrons. The topological polar surface area (TPSA) is 9.23 Å². The second-order valence-corrected chi connectivity index (χ2v) is 4.13. The Labute approximate surface area is 99.1 Å². The summed E-state index contributed by atoms with van der Waals surface area (Å²) in [6.45, 7) is 5.93. The lowest BCUT2D eigenvalue weighted by molar-refractivity contribution is 0.124. The van der Waals surface area contributed by atoms with Gasteiger partial charge in [-0.2, -0.15) is 0 Å². The van der Waals surface area contributed by atoms with Gasteiger partial charge in [0.1, 0.15) is 0 Å². The quantitative estimate of drug-likeness (QED) is 0.488. The van der Waals surface area contributed by atoms with Gasteiger partial charge in [-0.1, -0.05) is 55.3 Å². The van der Waals surface area contributed by atoms with Gasteiger partial charge < -0.3 is 4.74 Å². The number of allylic oxidation sites excluding steroid dienone is 1. The number of hydrogen-bond acceptors (Lipinski definition) is 1. The van der Waals surface area contributed by atoms with Crippen LogP contribution in [0, 0.1) is 0 Å². The monoisotopic (exact) mass is 218 g/mol. The first-order valence-electron chi connectivity index (χ1n) is 6.10. The lowest BCUT2D eigenvalue weighted by Gasteiger charge is -2.04. The van der Waals surface area contributed by atoms with Crippen molar-refractivity contribution in [3.63, 3.8) is 0 Å². The van der Waals surface area contributed by atoms with Crippen LogP contribution in [0.25, 0.3) is 0 Å². The van der Waals surface area contributed by atoms with Crippen molar-refractivity contribution in [2.24, 2.45) is 0 Å². The lowest BCUT2D eigenvalue weighted by Crippen LogP contribution is -1.96. The molecule has 0 aliphatic rings. The zero-order chi connectivity index (χ0) is 11.6. The van der Waals surface area contributed by atoms with E-state index in [-0.39, 0.29) is 0 Å². The molecule has 0 atom stereocenters. The van der Waals surface area contributed by atoms with Gasteiger partial charge in [-0.15, -0.1) is 0 Å². The van der Waals surface area contributed by atoms with E-state index < -0.39 is 0 Å². The van der Waals surface area contributed by atoms with Gasteiger partial charge >= 0.3 is 0 Å². The highest BCUT2D eigenvalue weighted by Gasteiger charge is 1.93. The van der Waals surface area contributed by atoms with Crippen molar-refractivity contribution >= 4 is 0 Å². The molecule has 0 amide bonds. The van der Waals surface area contributed by atoms with E-state index in [4.69, 9.17) is 4.74 Å². The van der Waals surface area contributed by atoms with E-state index in [1.54, 1.807) is 0 Å². The molecule has 0 aromatic heterocycles. The highest BCUT2D eigenvalue weighted by molar-refractivity contribution is 5.13. The van der Waals surface area contributed by atoms with Crippen LogP contribution < -0.4 is 0 Å². The molecule has 0 aliphatic carbocycles. The van der Waals surface area contributed by atoms with E-state index in [1.165, 1.54) is 24.0 Å². The molecule has 1 aromatic carbocycles. The molecule has 0 spiro atoms. The van der Waals surface area contributed by atoms with Crippen LogP contribution in [0.15, 0.2) is 42.0 Å². The molecule has 88 valence electrons. The molecular formula is C15H22O. The van der Waals surface area contributed by atoms with Crippen molar-refractivity contribution in [2.45, 2.75) is 39.7 Å². The van der Waals surface area contributed by atoms with Crippen molar-refractivity contribution < 1.29 is 4.74 Å². The van der Waals surface area contributed by atoms with Crippen LogP contribution in [0.5, 0.6) is 0 Å². The van der Waals surface area contributed by atoms with Crippen LogP contribution >= 0.6 is 0 Å². The van der Waals surface area contributed by atoms with Crippen LogP contribution in [-0.4, -0.2) is 6.61 Å². The van der Waals surface area contributed by atoms with Gasteiger partial charge in [0.25, 0.3) is 0 Å². The molecule has 16 heavy (non-hydrogen) atoms. The van der Waals surface area contributed by atoms with E-state index in [0.717, 1.165) is 19.6 Å². The second-order valence-electron chi connectivity index (χ2n) is 4.13. The molecule has 0 fully saturated rings. The molecule has 0 saturated heterocycles. The predicted octanol–water partition coefficient (Wildman–Crippen LogP) is 4.34. The summed E-state index contributed by atoms with van der Waals surface area (Å²) >= 11 is 0. The predicted molar refractivity (Wildman–Crippen MR) is 69.4 cm³/mol. The fourth-order valence-electron chi connectivity index (χ4n) is 1.49. The third-order valence-electron chi connectivity index (χ3n) is 2.53. The van der Waals surface area contributed by atoms with Crippen LogP contribution in [-0.2, 0) is 11.3 Å². The first-order valence-corrected chi connectivity index (χ1v) is 6.10. The lowest BCUT2D eigenvalue weighted by atomic mass is 10.2. The maximum Gasteiger partial charge on any atom is 0.0717 e. The minimum absolute atomic E-state index is 0.724. The van der Waals surface area contributed by atoms with Crippen molar-refractivity contribution in [1.82, 2.24) is 0 Å². The summed E-state index contributed by atoms with van der Waals surface area (Å²) in [5.74, 6) is 0. The van der Waals surface area contributed by atoms with Crippen molar-refractivity contribution in [3.05, 3.63) is 47.5 Å². The normalized spacial score (nSPS) is 11.8. The number of ether oxygens (including phenoxy) is 1. The van der Waals surface area contributed by atoms with Crippen LogP contribution in [0.3, 0.4) is 0 Å². The molecule has 1 aromatic rings. The molecule has 1 rings (SSSR count). The number of unbranched alkanes of at least 4 members (excludes halogenated alkanes) is 1. The van der Waals surface area contributed by atoms with Crippen LogP contribution in [0.1, 0.15) is 38.7 Å². The molecular weight excluding hydrogens is 196 g/mol. The van der Waals surface area contributed by atoms with Crippen molar-refractivity contribution in [3.8, 4) is 0 Å². The standard InChI is InChI=1S/C15H22O/c1-3-4-8-14(2)11-12-16-13-15-9-6-5-7-10-15/h5-10H,3-4,11-13H2,1-2H3. The summed E-state index contributed by atoms with van der Waals surface area (Å²) < 4.78 is 5.63. The number of hydrogen-bond donors (Lipinski definition) is 0. The van der Waals surface area contributed by atoms with Crippen molar-refractivity contribution in [1.29, 1.82) is 0 Å². The largest absolute Gasteiger partial charge is 0.376 e. The SMILES string of the molecule is CCCC=C(C)CCOCc1ccccc1. The van der Waals surface area contributed by atoms with Crippen LogP contribution in [0.4, 0.5) is 0 Å². The van der Waals surface area contributed by atoms with Gasteiger partial charge in [0.05, 0.1) is 13.2 Å². The molecule has 0 N–H and O–H groups in total. The fourth-order valence-corrected chi connectivity index (χ4v) is 1.49. The molecule has 0 aliphatic heterocycles. The Bertz CT molecular complexity index is 300. The van der Waals surface area contributed by atoms with Gasteiger partial charge in [0.2, 0.25) is 0 Å². The van der Waals surface area contributed by atoms with Crippen molar-refractivity contribution in [2.75, 3.05) is 6.61 Å². The first kappa shape index (κ1) is 13.0. The van der Waals surface area contributed by atoms with Gasteiger partial charge in [-0.05, 0) is 25.3 Å². The minimum Gasteiger partial charge on any atom is -0.376 e. The fraction of sp³-hybridized carbons (Fsp3) is 0.467. The molecule has 0 unspecified atom stereocenters. The van der Waals surface area contributed by atoms with E-state index in [2.05, 4.69) is 32.1 Å². The van der Waals surface area contributed by atoms with Gasteiger partial charge in [-0.25, -0.2) is 0 Å². The van der Waals surface area contributed by atoms with Gasteiger partial charge in [0.15, 0.2) is 0 Å². The average molecular weight is 218 g/mol. The third-order valence-corrected chi connectivity index (χ3v) is 2.53. The minimum atomic E-state index is 0.724. The Morgan fingerprint density at radius 3 is 2.69 bits per heavy atom.